The second-order valence-corrected chi connectivity index (χ2v) is 7.80. The molecule has 7 nitrogen and oxygen atoms in total. The summed E-state index contributed by atoms with van der Waals surface area (Å²) in [5.74, 6) is -0.166. The third kappa shape index (κ3) is 5.88. The van der Waals surface area contributed by atoms with Gasteiger partial charge in [0, 0.05) is 5.41 Å². The quantitative estimate of drug-likeness (QED) is 0.514. The number of hydrogen-bond acceptors (Lipinski definition) is 7. The molecule has 2 aromatic carbocycles. The number of anilines is 2. The number of carbonyl (C=O) groups is 1. The van der Waals surface area contributed by atoms with E-state index >= 15 is 0 Å². The third-order valence-corrected chi connectivity index (χ3v) is 5.02. The molecule has 2 rings (SSSR count). The number of methoxy groups -OCH3 is 2. The van der Waals surface area contributed by atoms with Crippen molar-refractivity contribution in [1.82, 2.24) is 0 Å². The number of allylic oxidation sites excluding steroid dienone is 1. The molecule has 0 spiro atoms. The molecule has 148 valence electrons. The van der Waals surface area contributed by atoms with Gasteiger partial charge in [-0.15, -0.1) is 0 Å². The number of hydrogen-bond donors (Lipinski definition) is 2. The van der Waals surface area contributed by atoms with Crippen LogP contribution in [0.3, 0.4) is 0 Å². The molecule has 0 bridgehead atoms. The highest BCUT2D eigenvalue weighted by atomic mass is 32.2. The lowest BCUT2D eigenvalue weighted by molar-refractivity contribution is -0.112. The van der Waals surface area contributed by atoms with Crippen molar-refractivity contribution in [3.63, 3.8) is 0 Å². The zero-order valence-corrected chi connectivity index (χ0v) is 16.4. The van der Waals surface area contributed by atoms with Crippen LogP contribution in [-0.4, -0.2) is 34.2 Å². The summed E-state index contributed by atoms with van der Waals surface area (Å²) in [7, 11) is -0.734. The summed E-state index contributed by atoms with van der Waals surface area (Å²) in [6, 6.07) is 9.89. The molecule has 0 aliphatic rings. The predicted octanol–water partition coefficient (Wildman–Crippen LogP) is 2.54. The van der Waals surface area contributed by atoms with E-state index in [4.69, 9.17) is 20.9 Å². The molecule has 0 aliphatic carbocycles. The van der Waals surface area contributed by atoms with Gasteiger partial charge in [0.05, 0.1) is 25.6 Å². The van der Waals surface area contributed by atoms with E-state index in [2.05, 4.69) is 0 Å². The van der Waals surface area contributed by atoms with Crippen molar-refractivity contribution in [3.05, 3.63) is 59.0 Å². The number of nitrogens with two attached hydrogens (primary N) is 2. The molecule has 0 unspecified atom stereocenters. The Morgan fingerprint density at radius 3 is 1.89 bits per heavy atom. The molecule has 8 heteroatoms. The average molecular weight is 402 g/mol. The fourth-order valence-electron chi connectivity index (χ4n) is 2.38. The molecule has 0 radical (unpaired) electrons. The lowest BCUT2D eigenvalue weighted by Crippen LogP contribution is -2.11. The number of nitrogen functional groups attached to an aromatic ring is 2. The summed E-state index contributed by atoms with van der Waals surface area (Å²) in [5, 5.41) is 0.991. The van der Waals surface area contributed by atoms with E-state index in [0.29, 0.717) is 34.0 Å². The van der Waals surface area contributed by atoms with Gasteiger partial charge >= 0.3 is 0 Å². The van der Waals surface area contributed by atoms with E-state index in [1.807, 2.05) is 0 Å². The van der Waals surface area contributed by atoms with Crippen LogP contribution in [0.25, 0.3) is 12.2 Å². The van der Waals surface area contributed by atoms with Crippen LogP contribution in [-0.2, 0) is 14.6 Å². The Labute approximate surface area is 164 Å². The van der Waals surface area contributed by atoms with E-state index in [0.717, 1.165) is 5.41 Å². The first-order valence-electron chi connectivity index (χ1n) is 8.23. The standard InChI is InChI=1S/C20H22N2O5S/c1-26-19-7-4-14(11-17(19)21)3-6-16(23)13-28(24,25)10-9-15-5-8-20(27-2)18(22)12-15/h3-12H,13,21-22H2,1-2H3/b6-3?,10-9-. The Morgan fingerprint density at radius 1 is 0.929 bits per heavy atom. The lowest BCUT2D eigenvalue weighted by Gasteiger charge is -2.04. The Balaban J connectivity index is 2.03. The Hall–Kier alpha value is -3.26. The first kappa shape index (κ1) is 21.0. The van der Waals surface area contributed by atoms with Crippen LogP contribution >= 0.6 is 0 Å². The van der Waals surface area contributed by atoms with E-state index in [9.17, 15) is 13.2 Å². The Morgan fingerprint density at radius 2 is 1.43 bits per heavy atom. The monoisotopic (exact) mass is 402 g/mol. The Bertz CT molecular complexity index is 1030. The first-order chi connectivity index (χ1) is 13.2. The number of ketones is 1. The van der Waals surface area contributed by atoms with Gasteiger partial charge in [-0.05, 0) is 47.5 Å². The van der Waals surface area contributed by atoms with Crippen molar-refractivity contribution in [2.45, 2.75) is 0 Å². The van der Waals surface area contributed by atoms with Crippen LogP contribution in [0.15, 0.2) is 47.9 Å². The third-order valence-electron chi connectivity index (χ3n) is 3.78. The summed E-state index contributed by atoms with van der Waals surface area (Å²) in [6.07, 6.45) is 4.09. The van der Waals surface area contributed by atoms with Crippen molar-refractivity contribution in [3.8, 4) is 11.5 Å². The van der Waals surface area contributed by atoms with Gasteiger partial charge in [0.25, 0.3) is 0 Å². The van der Waals surface area contributed by atoms with Gasteiger partial charge in [0.2, 0.25) is 0 Å². The molecule has 0 saturated carbocycles. The van der Waals surface area contributed by atoms with Crippen molar-refractivity contribution >= 4 is 39.1 Å². The van der Waals surface area contributed by atoms with Crippen LogP contribution in [0.2, 0.25) is 0 Å². The molecule has 0 amide bonds. The minimum absolute atomic E-state index is 0.389. The van der Waals surface area contributed by atoms with E-state index in [1.54, 1.807) is 36.4 Å². The summed E-state index contributed by atoms with van der Waals surface area (Å²) in [4.78, 5) is 12.0. The maximum atomic E-state index is 12.1. The van der Waals surface area contributed by atoms with Crippen molar-refractivity contribution in [2.75, 3.05) is 31.4 Å². The highest BCUT2D eigenvalue weighted by Crippen LogP contribution is 2.23. The van der Waals surface area contributed by atoms with Gasteiger partial charge in [-0.1, -0.05) is 18.2 Å². The summed E-state index contributed by atoms with van der Waals surface area (Å²) in [5.41, 5.74) is 13.6. The number of carbonyl (C=O) groups excluding carboxylic acids is 1. The van der Waals surface area contributed by atoms with Gasteiger partial charge in [-0.2, -0.15) is 0 Å². The normalized spacial score (nSPS) is 11.8. The van der Waals surface area contributed by atoms with E-state index < -0.39 is 21.4 Å². The molecule has 0 saturated heterocycles. The first-order valence-corrected chi connectivity index (χ1v) is 9.94. The van der Waals surface area contributed by atoms with Gasteiger partial charge < -0.3 is 20.9 Å². The molecular formula is C20H22N2O5S. The maximum Gasteiger partial charge on any atom is 0.179 e. The second kappa shape index (κ2) is 9.09. The maximum absolute atomic E-state index is 12.1. The van der Waals surface area contributed by atoms with Crippen molar-refractivity contribution in [1.29, 1.82) is 0 Å². The highest BCUT2D eigenvalue weighted by Gasteiger charge is 2.11. The SMILES string of the molecule is COc1ccc(C=CC(=O)CS(=O)(=O)/C=C\c2ccc(OC)c(N)c2)cc1N. The second-order valence-electron chi connectivity index (χ2n) is 5.91. The van der Waals surface area contributed by atoms with Crippen LogP contribution in [0.5, 0.6) is 11.5 Å². The molecule has 28 heavy (non-hydrogen) atoms. The lowest BCUT2D eigenvalue weighted by atomic mass is 10.1. The van der Waals surface area contributed by atoms with Gasteiger partial charge in [-0.3, -0.25) is 4.79 Å². The summed E-state index contributed by atoms with van der Waals surface area (Å²) in [6.45, 7) is 0. The molecule has 0 aromatic heterocycles. The van der Waals surface area contributed by atoms with Crippen LogP contribution in [0, 0.1) is 0 Å². The van der Waals surface area contributed by atoms with Gasteiger partial charge in [-0.25, -0.2) is 8.42 Å². The largest absolute Gasteiger partial charge is 0.495 e. The minimum atomic E-state index is -3.73. The zero-order chi connectivity index (χ0) is 20.7. The van der Waals surface area contributed by atoms with Crippen LogP contribution in [0.1, 0.15) is 11.1 Å². The molecule has 0 aliphatic heterocycles. The average Bonchev–Trinajstić information content (AvgIpc) is 2.64. The van der Waals surface area contributed by atoms with E-state index in [-0.39, 0.29) is 0 Å². The fourth-order valence-corrected chi connectivity index (χ4v) is 3.33. The molecule has 0 heterocycles. The number of sulfone groups is 1. The predicted molar refractivity (Wildman–Crippen MR) is 112 cm³/mol. The molecule has 0 fully saturated rings. The molecule has 4 N–H and O–H groups in total. The van der Waals surface area contributed by atoms with Crippen molar-refractivity contribution < 1.29 is 22.7 Å². The van der Waals surface area contributed by atoms with Gasteiger partial charge in [0.15, 0.2) is 15.6 Å². The minimum Gasteiger partial charge on any atom is -0.495 e. The molecule has 0 atom stereocenters. The summed E-state index contributed by atoms with van der Waals surface area (Å²) >= 11 is 0. The van der Waals surface area contributed by atoms with E-state index in [1.165, 1.54) is 32.4 Å². The zero-order valence-electron chi connectivity index (χ0n) is 15.6. The number of ether oxygens (including phenoxy) is 2. The number of benzene rings is 2. The number of rotatable bonds is 8. The summed E-state index contributed by atoms with van der Waals surface area (Å²) < 4.78 is 34.4. The smallest absolute Gasteiger partial charge is 0.179 e. The van der Waals surface area contributed by atoms with Crippen molar-refractivity contribution in [2.24, 2.45) is 0 Å². The highest BCUT2D eigenvalue weighted by molar-refractivity contribution is 7.95. The Kier molecular flexibility index (Phi) is 6.84. The topological polar surface area (TPSA) is 122 Å². The molecular weight excluding hydrogens is 380 g/mol. The fraction of sp³-hybridized carbons (Fsp3) is 0.150. The van der Waals surface area contributed by atoms with Crippen LogP contribution < -0.4 is 20.9 Å². The van der Waals surface area contributed by atoms with Gasteiger partial charge in [0.1, 0.15) is 17.3 Å². The molecule has 2 aromatic rings. The van der Waals surface area contributed by atoms with Crippen LogP contribution in [0.4, 0.5) is 11.4 Å².